The summed E-state index contributed by atoms with van der Waals surface area (Å²) in [4.78, 5) is 173. The van der Waals surface area contributed by atoms with Crippen molar-refractivity contribution in [2.24, 2.45) is 0 Å². The molecule has 0 spiro atoms. The van der Waals surface area contributed by atoms with Crippen molar-refractivity contribution >= 4 is 127 Å². The summed E-state index contributed by atoms with van der Waals surface area (Å²) < 4.78 is 5.55. The Morgan fingerprint density at radius 3 is 1.89 bits per heavy atom. The maximum absolute atomic E-state index is 13.7. The van der Waals surface area contributed by atoms with E-state index in [0.29, 0.717) is 4.57 Å². The summed E-state index contributed by atoms with van der Waals surface area (Å²) in [5.74, 6) is -9.56. The van der Waals surface area contributed by atoms with E-state index in [1.54, 1.807) is 0 Å². The zero-order valence-corrected chi connectivity index (χ0v) is 40.8. The zero-order valence-electron chi connectivity index (χ0n) is 40.8. The molecule has 81 heavy (non-hydrogen) atoms. The summed E-state index contributed by atoms with van der Waals surface area (Å²) in [6.45, 7) is -4.42. The quantitative estimate of drug-likeness (QED) is 0.0405. The Kier molecular flexibility index (Phi) is 13.8. The summed E-state index contributed by atoms with van der Waals surface area (Å²) in [6, 6.07) is 2.06. The summed E-state index contributed by atoms with van der Waals surface area (Å²) in [5, 5.41) is 42.5. The van der Waals surface area contributed by atoms with E-state index in [1.165, 1.54) is 23.0 Å². The molecule has 0 fully saturated rings. The summed E-state index contributed by atoms with van der Waals surface area (Å²) in [6.07, 6.45) is 5.34. The number of hydrogen-bond acceptors (Lipinski definition) is 25. The largest absolute Gasteiger partial charge is 0.493 e. The average molecular weight is 1120 g/mol. The number of carboxylic acids is 1. The molecule has 0 unspecified atom stereocenters. The molecule has 9 aromatic heterocycles. The molecule has 20 N–H and O–H groups in total. The van der Waals surface area contributed by atoms with Gasteiger partial charge in [-0.2, -0.15) is 19.9 Å². The lowest BCUT2D eigenvalue weighted by Gasteiger charge is -2.13. The first kappa shape index (κ1) is 53.3. The molecule has 0 aliphatic carbocycles. The van der Waals surface area contributed by atoms with Gasteiger partial charge in [0.15, 0.2) is 17.0 Å². The number of carbonyl (C=O) groups excluding carboxylic acids is 5. The molecule has 5 amide bonds. The van der Waals surface area contributed by atoms with Crippen LogP contribution in [0.5, 0.6) is 11.8 Å². The number of amides is 5. The molecule has 9 heterocycles. The lowest BCUT2D eigenvalue weighted by atomic mass is 10.2. The van der Waals surface area contributed by atoms with Crippen molar-refractivity contribution in [1.82, 2.24) is 72.3 Å². The maximum Gasteiger partial charge on any atom is 0.350 e. The number of aromatic hydroxyl groups is 2. The normalized spacial score (nSPS) is 11.2. The number of pyridine rings is 1. The molecule has 0 aliphatic rings. The molecule has 0 aromatic carbocycles. The first-order chi connectivity index (χ1) is 38.4. The molecular weight excluding hydrogens is 1080 g/mol. The van der Waals surface area contributed by atoms with Gasteiger partial charge in [0.05, 0.1) is 27.7 Å². The summed E-state index contributed by atoms with van der Waals surface area (Å²) in [5.41, 5.74) is 22.7. The van der Waals surface area contributed by atoms with Gasteiger partial charge in [-0.05, 0) is 0 Å². The molecule has 0 radical (unpaired) electrons. The number of aromatic amines is 2. The Balaban J connectivity index is 0.896. The fraction of sp³-hybridized carbons (Fsp3) is 0.143. The van der Waals surface area contributed by atoms with Gasteiger partial charge in [0.1, 0.15) is 80.1 Å². The van der Waals surface area contributed by atoms with E-state index in [0.717, 1.165) is 43.1 Å². The molecule has 0 saturated heterocycles. The summed E-state index contributed by atoms with van der Waals surface area (Å²) in [7, 11) is 0. The number of carboxylic acid groups (broad SMARTS) is 1. The number of nitrogens with zero attached hydrogens (tertiary/aromatic N) is 13. The monoisotopic (exact) mass is 1120 g/mol. The van der Waals surface area contributed by atoms with E-state index >= 15 is 0 Å². The number of anilines is 10. The van der Waals surface area contributed by atoms with E-state index in [4.69, 9.17) is 28.7 Å². The fourth-order valence-corrected chi connectivity index (χ4v) is 8.10. The van der Waals surface area contributed by atoms with Crippen LogP contribution in [-0.2, 0) is 68.0 Å². The molecule has 39 heteroatoms. The Morgan fingerprint density at radius 2 is 1.16 bits per heavy atom. The van der Waals surface area contributed by atoms with Crippen LogP contribution in [0.1, 0.15) is 0 Å². The topological polar surface area (TPSA) is 590 Å². The van der Waals surface area contributed by atoms with Crippen LogP contribution >= 0.6 is 0 Å². The minimum atomic E-state index is -1.27. The van der Waals surface area contributed by atoms with Crippen molar-refractivity contribution in [2.45, 2.75) is 39.3 Å². The molecule has 0 saturated carbocycles. The van der Waals surface area contributed by atoms with Crippen LogP contribution in [0.3, 0.4) is 0 Å². The highest BCUT2D eigenvalue weighted by molar-refractivity contribution is 6.07. The molecule has 0 atom stereocenters. The third-order valence-corrected chi connectivity index (χ3v) is 11.4. The zero-order chi connectivity index (χ0) is 58.3. The van der Waals surface area contributed by atoms with Gasteiger partial charge in [0.25, 0.3) is 11.1 Å². The second kappa shape index (κ2) is 20.9. The molecular formula is C42H39N25O14. The minimum Gasteiger partial charge on any atom is -0.493 e. The van der Waals surface area contributed by atoms with Crippen molar-refractivity contribution in [3.8, 4) is 11.8 Å². The van der Waals surface area contributed by atoms with Crippen LogP contribution in [-0.4, -0.2) is 123 Å². The van der Waals surface area contributed by atoms with Crippen LogP contribution in [0.2, 0.25) is 0 Å². The Bertz CT molecular complexity index is 4490. The highest BCUT2D eigenvalue weighted by Crippen LogP contribution is 2.34. The van der Waals surface area contributed by atoms with Crippen LogP contribution in [0, 0.1) is 0 Å². The smallest absolute Gasteiger partial charge is 0.350 e. The van der Waals surface area contributed by atoms with Crippen molar-refractivity contribution in [1.29, 1.82) is 0 Å². The number of hydrogen-bond donors (Lipinski definition) is 15. The fourth-order valence-electron chi connectivity index (χ4n) is 8.10. The second-order valence-electron chi connectivity index (χ2n) is 17.1. The number of nitrogens with one attached hydrogen (secondary N) is 7. The van der Waals surface area contributed by atoms with Gasteiger partial charge < -0.3 is 74.4 Å². The molecule has 9 rings (SSSR count). The first-order valence-corrected chi connectivity index (χ1v) is 22.7. The number of nitrogen functional groups attached to an aromatic ring is 5. The van der Waals surface area contributed by atoms with Crippen molar-refractivity contribution in [3.05, 3.63) is 95.4 Å². The third kappa shape index (κ3) is 11.1. The second-order valence-corrected chi connectivity index (χ2v) is 17.1. The Morgan fingerprint density at radius 1 is 0.543 bits per heavy atom. The number of aromatic nitrogens is 15. The predicted molar refractivity (Wildman–Crippen MR) is 280 cm³/mol. The van der Waals surface area contributed by atoms with Gasteiger partial charge in [-0.15, -0.1) is 0 Å². The van der Waals surface area contributed by atoms with Gasteiger partial charge in [0.2, 0.25) is 53.2 Å². The van der Waals surface area contributed by atoms with E-state index < -0.39 is 138 Å². The molecule has 0 aliphatic heterocycles. The lowest BCUT2D eigenvalue weighted by molar-refractivity contribution is -0.137. The third-order valence-electron chi connectivity index (χ3n) is 11.4. The van der Waals surface area contributed by atoms with Crippen LogP contribution in [0.25, 0.3) is 33.1 Å². The number of nitrogens with two attached hydrogens (primary N) is 5. The lowest BCUT2D eigenvalue weighted by Crippen LogP contribution is -2.36. The molecule has 9 aromatic rings. The number of fused-ring (bicyclic) bond motifs is 3. The van der Waals surface area contributed by atoms with Crippen molar-refractivity contribution in [3.63, 3.8) is 0 Å². The number of rotatable bonds is 17. The van der Waals surface area contributed by atoms with Crippen LogP contribution in [0.15, 0.2) is 67.2 Å². The highest BCUT2D eigenvalue weighted by atomic mass is 16.4. The predicted octanol–water partition coefficient (Wildman–Crippen LogP) is -5.22. The van der Waals surface area contributed by atoms with Crippen LogP contribution < -0.4 is 83.4 Å². The molecule has 0 bridgehead atoms. The first-order valence-electron chi connectivity index (χ1n) is 22.7. The Labute approximate surface area is 443 Å². The molecule has 39 nitrogen and oxygen atoms in total. The Hall–Kier alpha value is -12.5. The van der Waals surface area contributed by atoms with E-state index in [-0.39, 0.29) is 67.5 Å². The number of imidazole rings is 1. The SMILES string of the molecule is Nc1cc2c(c(NC(=O)Cn3c(NC(=O)Cn4cc(NC(=O)Cn5cc(NC(=O)Cn6c(NC(=O)Cn7cc(N)c(=O)[nH]c7=O)nc7c(O)nc(N)nc76)c(N)nc5=O)c5c(N)ncnc54)cc(=O)[nH]c3=O)cn2CC(=O)O)c(O)n1. The number of carbonyl (C=O) groups is 6. The maximum atomic E-state index is 13.7. The van der Waals surface area contributed by atoms with Gasteiger partial charge in [-0.3, -0.25) is 71.9 Å². The number of H-pyrrole nitrogens is 2. The van der Waals surface area contributed by atoms with Gasteiger partial charge >= 0.3 is 23.0 Å². The van der Waals surface area contributed by atoms with Crippen molar-refractivity contribution in [2.75, 3.05) is 55.3 Å². The summed E-state index contributed by atoms with van der Waals surface area (Å²) >= 11 is 0. The minimum absolute atomic E-state index is 0.00527. The highest BCUT2D eigenvalue weighted by Gasteiger charge is 2.25. The van der Waals surface area contributed by atoms with Gasteiger partial charge in [-0.25, -0.2) is 29.3 Å². The van der Waals surface area contributed by atoms with E-state index in [9.17, 15) is 68.1 Å². The number of aliphatic carboxylic acids is 1. The van der Waals surface area contributed by atoms with Gasteiger partial charge in [-0.1, -0.05) is 0 Å². The molecule has 416 valence electrons. The van der Waals surface area contributed by atoms with Gasteiger partial charge in [0, 0.05) is 36.9 Å². The van der Waals surface area contributed by atoms with Crippen molar-refractivity contribution < 1.29 is 44.1 Å². The van der Waals surface area contributed by atoms with E-state index in [2.05, 4.69) is 61.5 Å². The van der Waals surface area contributed by atoms with Crippen LogP contribution in [0.4, 0.5) is 57.9 Å². The average Bonchev–Trinajstić information content (AvgIpc) is 4.26. The van der Waals surface area contributed by atoms with E-state index in [1.807, 2.05) is 9.97 Å². The standard InChI is InChI=1S/C42H39N25O14/c43-14-3-64(41(80)61-35(14)76)9-24(71)55-39-57-30-34(59-38(47)60-37(30)78)67(39)11-26(73)52-17-6-65(40(79)58-31(17)45)8-22(69)51-16-5-63(33-29(16)32(46)48-13-49-33)7-23(70)54-20-2-21(68)56-42(81)66(20)10-25(72)50-15-4-62(12-27(74)75)18-1-19(44)53-36(77)28(15)18/h1-6,13H,7-12,43H2,(H,50,72)(H,51,69)(H,52,73)(H,54,70)(H,74,75)(H3,44,53,77)(H2,45,58,79)(H2,46,48,49)(H,55,57,71)(H,56,68,81)(H,61,76,80)(H3,47,59,60,78).